The molecular formula is C20H25ClN4O3. The monoisotopic (exact) mass is 404 g/mol. The van der Waals surface area contributed by atoms with Crippen LogP contribution in [0.1, 0.15) is 56.4 Å². The molecule has 1 saturated heterocycles. The Balaban J connectivity index is 1.52. The fourth-order valence-corrected chi connectivity index (χ4v) is 5.07. The van der Waals surface area contributed by atoms with Crippen molar-refractivity contribution in [3.63, 3.8) is 0 Å². The molecule has 0 atom stereocenters. The van der Waals surface area contributed by atoms with E-state index in [1.54, 1.807) is 6.07 Å². The molecule has 1 aliphatic carbocycles. The van der Waals surface area contributed by atoms with Crippen LogP contribution >= 0.6 is 11.6 Å². The summed E-state index contributed by atoms with van der Waals surface area (Å²) in [5.74, 6) is 0.647. The van der Waals surface area contributed by atoms with Crippen LogP contribution in [0.5, 0.6) is 0 Å². The highest BCUT2D eigenvalue weighted by Gasteiger charge is 2.44. The van der Waals surface area contributed by atoms with Crippen LogP contribution in [0.15, 0.2) is 10.5 Å². The van der Waals surface area contributed by atoms with Crippen molar-refractivity contribution in [2.75, 3.05) is 18.5 Å². The first kappa shape index (κ1) is 18.2. The van der Waals surface area contributed by atoms with Crippen LogP contribution < -0.4 is 16.0 Å². The Morgan fingerprint density at radius 2 is 2.04 bits per heavy atom. The lowest BCUT2D eigenvalue weighted by Gasteiger charge is -2.42. The van der Waals surface area contributed by atoms with Crippen molar-refractivity contribution in [1.29, 1.82) is 0 Å². The van der Waals surface area contributed by atoms with E-state index in [1.165, 1.54) is 6.42 Å². The molecule has 3 heterocycles. The maximum Gasteiger partial charge on any atom is 0.319 e. The van der Waals surface area contributed by atoms with Crippen LogP contribution in [0, 0.1) is 0 Å². The minimum absolute atomic E-state index is 0.198. The molecule has 5 rings (SSSR count). The number of ether oxygens (including phenoxy) is 1. The number of urea groups is 1. The van der Waals surface area contributed by atoms with E-state index in [0.717, 1.165) is 68.4 Å². The summed E-state index contributed by atoms with van der Waals surface area (Å²) in [5.41, 5.74) is 2.68. The second-order valence-corrected chi connectivity index (χ2v) is 8.46. The van der Waals surface area contributed by atoms with Gasteiger partial charge in [0.15, 0.2) is 5.58 Å². The van der Waals surface area contributed by atoms with E-state index < -0.39 is 5.54 Å². The minimum Gasteiger partial charge on any atom is -0.439 e. The number of amides is 2. The third-order valence-corrected chi connectivity index (χ3v) is 6.52. The summed E-state index contributed by atoms with van der Waals surface area (Å²) in [6.07, 6.45) is 7.10. The third kappa shape index (κ3) is 3.15. The predicted molar refractivity (Wildman–Crippen MR) is 107 cm³/mol. The van der Waals surface area contributed by atoms with Crippen LogP contribution in [-0.4, -0.2) is 30.3 Å². The highest BCUT2D eigenvalue weighted by molar-refractivity contribution is 6.35. The Hall–Kier alpha value is -1.83. The zero-order valence-electron chi connectivity index (χ0n) is 15.8. The van der Waals surface area contributed by atoms with Gasteiger partial charge < -0.3 is 25.1 Å². The number of benzene rings is 1. The molecule has 2 fully saturated rings. The number of carbonyl (C=O) groups excluding carboxylic acids is 1. The number of aromatic nitrogens is 1. The van der Waals surface area contributed by atoms with Crippen LogP contribution in [0.25, 0.3) is 11.1 Å². The van der Waals surface area contributed by atoms with Crippen molar-refractivity contribution in [3.8, 4) is 0 Å². The van der Waals surface area contributed by atoms with Crippen LogP contribution in [-0.2, 0) is 16.8 Å². The van der Waals surface area contributed by atoms with Gasteiger partial charge in [0.2, 0.25) is 5.89 Å². The van der Waals surface area contributed by atoms with Gasteiger partial charge >= 0.3 is 6.03 Å². The summed E-state index contributed by atoms with van der Waals surface area (Å²) < 4.78 is 11.6. The summed E-state index contributed by atoms with van der Waals surface area (Å²) in [7, 11) is 0. The molecule has 1 saturated carbocycles. The highest BCUT2D eigenvalue weighted by Crippen LogP contribution is 2.48. The molecular weight excluding hydrogens is 380 g/mol. The number of hydrogen-bond acceptors (Lipinski definition) is 5. The standard InChI is InChI=1S/C20H25ClN4O3/c21-13-10-14-18(28-15(23-14)11-22-12-4-8-27-9-5-12)16-17(13)24-19(26)25-20(16)6-2-1-3-7-20/h10,12,22H,1-9,11H2,(H2,24,25,26). The van der Waals surface area contributed by atoms with E-state index in [0.29, 0.717) is 29.2 Å². The van der Waals surface area contributed by atoms with Gasteiger partial charge in [-0.2, -0.15) is 0 Å². The molecule has 1 aromatic carbocycles. The third-order valence-electron chi connectivity index (χ3n) is 6.22. The van der Waals surface area contributed by atoms with Crippen molar-refractivity contribution in [3.05, 3.63) is 22.5 Å². The number of rotatable bonds is 3. The van der Waals surface area contributed by atoms with Gasteiger partial charge in [-0.1, -0.05) is 30.9 Å². The van der Waals surface area contributed by atoms with Crippen molar-refractivity contribution in [1.82, 2.24) is 15.6 Å². The molecule has 1 spiro atoms. The van der Waals surface area contributed by atoms with Crippen LogP contribution in [0.2, 0.25) is 5.02 Å². The molecule has 2 aromatic rings. The van der Waals surface area contributed by atoms with Gasteiger partial charge in [0, 0.05) is 24.8 Å². The molecule has 3 aliphatic rings. The molecule has 28 heavy (non-hydrogen) atoms. The van der Waals surface area contributed by atoms with E-state index in [4.69, 9.17) is 20.8 Å². The number of nitrogens with one attached hydrogen (secondary N) is 3. The molecule has 1 aromatic heterocycles. The van der Waals surface area contributed by atoms with Gasteiger partial charge in [0.1, 0.15) is 5.52 Å². The maximum atomic E-state index is 12.3. The average molecular weight is 405 g/mol. The smallest absolute Gasteiger partial charge is 0.319 e. The number of carbonyl (C=O) groups is 1. The van der Waals surface area contributed by atoms with Gasteiger partial charge in [-0.25, -0.2) is 9.78 Å². The molecule has 7 nitrogen and oxygen atoms in total. The van der Waals surface area contributed by atoms with E-state index in [9.17, 15) is 4.79 Å². The minimum atomic E-state index is -0.427. The summed E-state index contributed by atoms with van der Waals surface area (Å²) in [6.45, 7) is 2.16. The van der Waals surface area contributed by atoms with E-state index in [2.05, 4.69) is 20.9 Å². The Morgan fingerprint density at radius 3 is 2.82 bits per heavy atom. The van der Waals surface area contributed by atoms with E-state index >= 15 is 0 Å². The lowest BCUT2D eigenvalue weighted by Crippen LogP contribution is -2.52. The normalized spacial score (nSPS) is 22.1. The SMILES string of the molecule is O=C1Nc2c(Cl)cc3nc(CNC4CCOCC4)oc3c2C2(CCCCC2)N1. The highest BCUT2D eigenvalue weighted by atomic mass is 35.5. The largest absolute Gasteiger partial charge is 0.439 e. The first-order valence-corrected chi connectivity index (χ1v) is 10.6. The van der Waals surface area contributed by atoms with Crippen LogP contribution in [0.4, 0.5) is 10.5 Å². The Morgan fingerprint density at radius 1 is 1.25 bits per heavy atom. The number of oxazole rings is 1. The Bertz CT molecular complexity index is 900. The zero-order chi connectivity index (χ0) is 19.1. The fraction of sp³-hybridized carbons (Fsp3) is 0.600. The second kappa shape index (κ2) is 7.21. The summed E-state index contributed by atoms with van der Waals surface area (Å²) in [5, 5.41) is 10.1. The Labute approximate surface area is 168 Å². The molecule has 8 heteroatoms. The number of fused-ring (bicyclic) bond motifs is 4. The summed E-state index contributed by atoms with van der Waals surface area (Å²) >= 11 is 6.54. The lowest BCUT2D eigenvalue weighted by atomic mass is 9.74. The number of anilines is 1. The molecule has 2 aliphatic heterocycles. The topological polar surface area (TPSA) is 88.4 Å². The van der Waals surface area contributed by atoms with Crippen molar-refractivity contribution in [2.24, 2.45) is 0 Å². The molecule has 0 bridgehead atoms. The Kier molecular flexibility index (Phi) is 4.69. The number of hydrogen-bond donors (Lipinski definition) is 3. The van der Waals surface area contributed by atoms with Crippen molar-refractivity contribution >= 4 is 34.4 Å². The average Bonchev–Trinajstić information content (AvgIpc) is 3.10. The molecule has 0 radical (unpaired) electrons. The van der Waals surface area contributed by atoms with Crippen LogP contribution in [0.3, 0.4) is 0 Å². The number of nitrogens with zero attached hydrogens (tertiary/aromatic N) is 1. The second-order valence-electron chi connectivity index (χ2n) is 8.05. The molecule has 3 N–H and O–H groups in total. The molecule has 0 unspecified atom stereocenters. The van der Waals surface area contributed by atoms with Gasteiger partial charge in [-0.3, -0.25) is 0 Å². The predicted octanol–water partition coefficient (Wildman–Crippen LogP) is 4.04. The van der Waals surface area contributed by atoms with Gasteiger partial charge in [-0.15, -0.1) is 0 Å². The zero-order valence-corrected chi connectivity index (χ0v) is 16.5. The van der Waals surface area contributed by atoms with Crippen molar-refractivity contribution < 1.29 is 13.9 Å². The van der Waals surface area contributed by atoms with Gasteiger partial charge in [0.05, 0.1) is 22.8 Å². The van der Waals surface area contributed by atoms with E-state index in [-0.39, 0.29) is 6.03 Å². The quantitative estimate of drug-likeness (QED) is 0.718. The maximum absolute atomic E-state index is 12.3. The first-order chi connectivity index (χ1) is 13.6. The molecule has 150 valence electrons. The van der Waals surface area contributed by atoms with Gasteiger partial charge in [-0.05, 0) is 31.7 Å². The summed E-state index contributed by atoms with van der Waals surface area (Å²) in [6, 6.07) is 2.02. The fourth-order valence-electron chi connectivity index (χ4n) is 4.82. The lowest BCUT2D eigenvalue weighted by molar-refractivity contribution is 0.0770. The van der Waals surface area contributed by atoms with E-state index in [1.807, 2.05) is 0 Å². The summed E-state index contributed by atoms with van der Waals surface area (Å²) in [4.78, 5) is 17.0. The number of halogens is 1. The van der Waals surface area contributed by atoms with Crippen molar-refractivity contribution in [2.45, 2.75) is 63.1 Å². The molecule has 2 amide bonds. The first-order valence-electron chi connectivity index (χ1n) is 10.2. The van der Waals surface area contributed by atoms with Gasteiger partial charge in [0.25, 0.3) is 0 Å².